The molecule has 0 saturated carbocycles. The van der Waals surface area contributed by atoms with Crippen molar-refractivity contribution in [1.29, 1.82) is 0 Å². The zero-order valence-corrected chi connectivity index (χ0v) is 12.7. The van der Waals surface area contributed by atoms with Gasteiger partial charge in [0.25, 0.3) is 0 Å². The molecule has 0 heterocycles. The molecule has 0 spiro atoms. The van der Waals surface area contributed by atoms with Crippen LogP contribution < -0.4 is 0 Å². The first-order valence-corrected chi connectivity index (χ1v) is 6.73. The van der Waals surface area contributed by atoms with Gasteiger partial charge in [-0.3, -0.25) is 0 Å². The van der Waals surface area contributed by atoms with E-state index in [4.69, 9.17) is 0 Å². The first-order valence-electron chi connectivity index (χ1n) is 6.73. The molecule has 0 radical (unpaired) electrons. The lowest BCUT2D eigenvalue weighted by molar-refractivity contribution is 0.657. The molecule has 21 heavy (non-hydrogen) atoms. The Bertz CT molecular complexity index is 544. The monoisotopic (exact) mass is 282 g/mol. The van der Waals surface area contributed by atoms with Crippen molar-refractivity contribution in [3.05, 3.63) is 104 Å². The Morgan fingerprint density at radius 2 is 1.67 bits per heavy atom. The molecule has 0 aliphatic rings. The van der Waals surface area contributed by atoms with Gasteiger partial charge in [-0.1, -0.05) is 69.1 Å². The highest BCUT2D eigenvalue weighted by atomic mass is 19.1. The third-order valence-corrected chi connectivity index (χ3v) is 2.68. The van der Waals surface area contributed by atoms with Crippen LogP contribution in [0.5, 0.6) is 0 Å². The van der Waals surface area contributed by atoms with Gasteiger partial charge in [0.15, 0.2) is 0 Å². The second-order valence-electron chi connectivity index (χ2n) is 4.20. The maximum absolute atomic E-state index is 14.0. The Labute approximate surface area is 128 Å². The molecule has 1 heteroatoms. The summed E-state index contributed by atoms with van der Waals surface area (Å²) in [5, 5.41) is 0. The van der Waals surface area contributed by atoms with Crippen molar-refractivity contribution in [2.24, 2.45) is 0 Å². The fraction of sp³-hybridized carbons (Fsp3) is 0.100. The van der Waals surface area contributed by atoms with Crippen LogP contribution in [0.3, 0.4) is 0 Å². The predicted molar refractivity (Wildman–Crippen MR) is 93.6 cm³/mol. The van der Waals surface area contributed by atoms with Crippen molar-refractivity contribution in [2.45, 2.75) is 13.3 Å². The minimum Gasteiger partial charge on any atom is -0.206 e. The van der Waals surface area contributed by atoms with E-state index < -0.39 is 5.83 Å². The van der Waals surface area contributed by atoms with Gasteiger partial charge < -0.3 is 0 Å². The summed E-state index contributed by atoms with van der Waals surface area (Å²) >= 11 is 0. The van der Waals surface area contributed by atoms with E-state index in [-0.39, 0.29) is 0 Å². The summed E-state index contributed by atoms with van der Waals surface area (Å²) in [6.07, 6.45) is 5.98. The van der Waals surface area contributed by atoms with E-state index in [9.17, 15) is 4.39 Å². The first-order chi connectivity index (χ1) is 10.1. The molecule has 110 valence electrons. The second-order valence-corrected chi connectivity index (χ2v) is 4.20. The Kier molecular flexibility index (Phi) is 9.19. The highest BCUT2D eigenvalue weighted by Gasteiger charge is 2.05. The Morgan fingerprint density at radius 1 is 1.10 bits per heavy atom. The summed E-state index contributed by atoms with van der Waals surface area (Å²) < 4.78 is 14.0. The van der Waals surface area contributed by atoms with Crippen molar-refractivity contribution in [1.82, 2.24) is 0 Å². The molecule has 0 amide bonds. The Hall–Kier alpha value is -2.41. The van der Waals surface area contributed by atoms with E-state index in [0.29, 0.717) is 16.7 Å². The number of halogens is 1. The van der Waals surface area contributed by atoms with Crippen LogP contribution in [0.2, 0.25) is 0 Å². The topological polar surface area (TPSA) is 0 Å². The van der Waals surface area contributed by atoms with E-state index in [2.05, 4.69) is 32.9 Å². The summed E-state index contributed by atoms with van der Waals surface area (Å²) in [5.41, 5.74) is 2.38. The molecule has 0 nitrogen and oxygen atoms in total. The zero-order valence-electron chi connectivity index (χ0n) is 12.7. The molecular formula is C20H23F. The SMILES string of the molecule is C=C.C=C(/C=C\CC)C(=C)/C(F)=C\C(=C)c1ccccc1. The van der Waals surface area contributed by atoms with E-state index in [1.54, 1.807) is 6.08 Å². The molecule has 0 saturated heterocycles. The molecule has 0 unspecified atom stereocenters. The summed E-state index contributed by atoms with van der Waals surface area (Å²) in [6.45, 7) is 19.4. The average Bonchev–Trinajstić information content (AvgIpc) is 2.54. The quantitative estimate of drug-likeness (QED) is 0.416. The Morgan fingerprint density at radius 3 is 2.19 bits per heavy atom. The molecule has 0 aliphatic heterocycles. The van der Waals surface area contributed by atoms with Gasteiger partial charge in [0.05, 0.1) is 0 Å². The molecule has 0 fully saturated rings. The van der Waals surface area contributed by atoms with Crippen LogP contribution in [0.1, 0.15) is 18.9 Å². The van der Waals surface area contributed by atoms with Gasteiger partial charge >= 0.3 is 0 Å². The number of benzene rings is 1. The number of hydrogen-bond donors (Lipinski definition) is 0. The maximum Gasteiger partial charge on any atom is 0.131 e. The third-order valence-electron chi connectivity index (χ3n) is 2.68. The van der Waals surface area contributed by atoms with Gasteiger partial charge in [-0.2, -0.15) is 0 Å². The van der Waals surface area contributed by atoms with Gasteiger partial charge in [-0.15, -0.1) is 13.2 Å². The minimum absolute atomic E-state index is 0.293. The first kappa shape index (κ1) is 18.6. The fourth-order valence-corrected chi connectivity index (χ4v) is 1.49. The molecule has 0 aliphatic carbocycles. The fourth-order valence-electron chi connectivity index (χ4n) is 1.49. The standard InChI is InChI=1S/C18H19F.C2H4/c1-5-6-10-14(2)16(4)18(19)13-15(3)17-11-8-7-9-12-17;1-2/h6-13H,2-5H2,1H3;1-2H2/b10-6-,18-13+;. The van der Waals surface area contributed by atoms with Crippen LogP contribution in [-0.4, -0.2) is 0 Å². The van der Waals surface area contributed by atoms with Crippen LogP contribution >= 0.6 is 0 Å². The van der Waals surface area contributed by atoms with E-state index in [0.717, 1.165) is 12.0 Å². The van der Waals surface area contributed by atoms with Crippen molar-refractivity contribution >= 4 is 5.57 Å². The number of hydrogen-bond acceptors (Lipinski definition) is 0. The minimum atomic E-state index is -0.403. The normalized spacial score (nSPS) is 10.7. The number of rotatable bonds is 6. The molecule has 0 bridgehead atoms. The van der Waals surface area contributed by atoms with Gasteiger partial charge in [0.1, 0.15) is 5.83 Å². The smallest absolute Gasteiger partial charge is 0.131 e. The molecule has 1 aromatic carbocycles. The van der Waals surface area contributed by atoms with Crippen molar-refractivity contribution < 1.29 is 4.39 Å². The Balaban J connectivity index is 0.00000191. The highest BCUT2D eigenvalue weighted by Crippen LogP contribution is 2.23. The van der Waals surface area contributed by atoms with Crippen molar-refractivity contribution in [3.8, 4) is 0 Å². The van der Waals surface area contributed by atoms with E-state index >= 15 is 0 Å². The van der Waals surface area contributed by atoms with Crippen LogP contribution in [0.4, 0.5) is 4.39 Å². The largest absolute Gasteiger partial charge is 0.206 e. The summed E-state index contributed by atoms with van der Waals surface area (Å²) in [6, 6.07) is 9.47. The lowest BCUT2D eigenvalue weighted by atomic mass is 10.0. The highest BCUT2D eigenvalue weighted by molar-refractivity contribution is 5.73. The maximum atomic E-state index is 14.0. The lowest BCUT2D eigenvalue weighted by Gasteiger charge is -2.05. The molecule has 1 rings (SSSR count). The summed E-state index contributed by atoms with van der Waals surface area (Å²) in [5.74, 6) is -0.403. The van der Waals surface area contributed by atoms with E-state index in [1.807, 2.05) is 43.3 Å². The van der Waals surface area contributed by atoms with Gasteiger partial charge in [-0.05, 0) is 29.2 Å². The zero-order chi connectivity index (χ0) is 16.3. The van der Waals surface area contributed by atoms with Gasteiger partial charge in [0, 0.05) is 5.57 Å². The summed E-state index contributed by atoms with van der Waals surface area (Å²) in [7, 11) is 0. The predicted octanol–water partition coefficient (Wildman–Crippen LogP) is 6.43. The summed E-state index contributed by atoms with van der Waals surface area (Å²) in [4.78, 5) is 0. The number of allylic oxidation sites excluding steroid dienone is 7. The molecule has 0 atom stereocenters. The molecule has 0 N–H and O–H groups in total. The average molecular weight is 282 g/mol. The molecular weight excluding hydrogens is 259 g/mol. The lowest BCUT2D eigenvalue weighted by Crippen LogP contribution is -1.86. The third kappa shape index (κ3) is 6.53. The molecule has 0 aromatic heterocycles. The van der Waals surface area contributed by atoms with Crippen LogP contribution in [-0.2, 0) is 0 Å². The van der Waals surface area contributed by atoms with Crippen molar-refractivity contribution in [3.63, 3.8) is 0 Å². The van der Waals surface area contributed by atoms with Crippen LogP contribution in [0.15, 0.2) is 98.4 Å². The van der Waals surface area contributed by atoms with Crippen molar-refractivity contribution in [2.75, 3.05) is 0 Å². The molecule has 1 aromatic rings. The van der Waals surface area contributed by atoms with E-state index in [1.165, 1.54) is 6.08 Å². The van der Waals surface area contributed by atoms with Crippen LogP contribution in [0, 0.1) is 0 Å². The second kappa shape index (κ2) is 10.4. The van der Waals surface area contributed by atoms with Gasteiger partial charge in [0.2, 0.25) is 0 Å². The van der Waals surface area contributed by atoms with Gasteiger partial charge in [-0.25, -0.2) is 4.39 Å². The van der Waals surface area contributed by atoms with Crippen LogP contribution in [0.25, 0.3) is 5.57 Å².